The van der Waals surface area contributed by atoms with E-state index in [9.17, 15) is 9.59 Å². The Morgan fingerprint density at radius 2 is 2.38 bits per heavy atom. The summed E-state index contributed by atoms with van der Waals surface area (Å²) in [5, 5.41) is 21.6. The summed E-state index contributed by atoms with van der Waals surface area (Å²) in [4.78, 5) is 22.5. The van der Waals surface area contributed by atoms with E-state index in [0.717, 1.165) is 17.0 Å². The van der Waals surface area contributed by atoms with E-state index in [-0.39, 0.29) is 23.9 Å². The van der Waals surface area contributed by atoms with Gasteiger partial charge in [-0.25, -0.2) is 0 Å². The summed E-state index contributed by atoms with van der Waals surface area (Å²) >= 11 is 1.04. The van der Waals surface area contributed by atoms with E-state index < -0.39 is 12.7 Å². The van der Waals surface area contributed by atoms with Crippen LogP contribution in [0.5, 0.6) is 0 Å². The highest BCUT2D eigenvalue weighted by Crippen LogP contribution is 1.98. The smallest absolute Gasteiger partial charge is 0.307 e. The summed E-state index contributed by atoms with van der Waals surface area (Å²) < 4.78 is 1.35. The lowest BCUT2D eigenvalue weighted by Crippen LogP contribution is -2.37. The average molecular weight is 246 g/mol. The number of carbonyl (C=O) groups excluding carboxylic acids is 1. The van der Waals surface area contributed by atoms with Gasteiger partial charge in [-0.2, -0.15) is 0 Å². The summed E-state index contributed by atoms with van der Waals surface area (Å²) in [6, 6.07) is 0. The Morgan fingerprint density at radius 1 is 1.69 bits per heavy atom. The zero-order valence-corrected chi connectivity index (χ0v) is 9.66. The van der Waals surface area contributed by atoms with E-state index in [1.54, 1.807) is 12.3 Å². The fourth-order valence-corrected chi connectivity index (χ4v) is 1.83. The third-order valence-electron chi connectivity index (χ3n) is 2.02. The molecule has 1 heterocycles. The lowest BCUT2D eigenvalue weighted by atomic mass is 10.3. The fraction of sp³-hybridized carbons (Fsp3) is 0.556. The zero-order valence-electron chi connectivity index (χ0n) is 8.84. The normalized spacial score (nSPS) is 12.4. The molecule has 0 saturated heterocycles. The molecule has 0 aliphatic rings. The third kappa shape index (κ3) is 3.44. The zero-order chi connectivity index (χ0) is 12.1. The number of amides is 1. The Bertz CT molecular complexity index is 412. The molecular weight excluding hydrogens is 232 g/mol. The molecule has 0 bridgehead atoms. The Labute approximate surface area is 96.2 Å². The summed E-state index contributed by atoms with van der Waals surface area (Å²) in [5.41, 5.74) is 0.729. The Hall–Kier alpha value is -1.18. The molecular formula is C9H14N2O4S. The van der Waals surface area contributed by atoms with E-state index in [4.69, 9.17) is 10.2 Å². The van der Waals surface area contributed by atoms with Gasteiger partial charge in [0, 0.05) is 17.6 Å². The van der Waals surface area contributed by atoms with Crippen molar-refractivity contribution in [1.82, 2.24) is 9.88 Å². The molecule has 6 nitrogen and oxygen atoms in total. The van der Waals surface area contributed by atoms with Gasteiger partial charge in [-0.3, -0.25) is 14.2 Å². The minimum absolute atomic E-state index is 0.0206. The lowest BCUT2D eigenvalue weighted by molar-refractivity contribution is -0.122. The van der Waals surface area contributed by atoms with E-state index in [0.29, 0.717) is 0 Å². The van der Waals surface area contributed by atoms with Gasteiger partial charge >= 0.3 is 4.87 Å². The highest BCUT2D eigenvalue weighted by molar-refractivity contribution is 7.07. The number of nitrogens with one attached hydrogen (secondary N) is 1. The number of hydrogen-bond acceptors (Lipinski definition) is 5. The largest absolute Gasteiger partial charge is 0.394 e. The van der Waals surface area contributed by atoms with E-state index in [2.05, 4.69) is 5.32 Å². The third-order valence-corrected chi connectivity index (χ3v) is 2.90. The van der Waals surface area contributed by atoms with Crippen LogP contribution in [0.4, 0.5) is 0 Å². The van der Waals surface area contributed by atoms with Gasteiger partial charge in [-0.15, -0.1) is 0 Å². The summed E-state index contributed by atoms with van der Waals surface area (Å²) in [6.45, 7) is 1.26. The number of aromatic nitrogens is 1. The van der Waals surface area contributed by atoms with Crippen LogP contribution in [-0.2, 0) is 11.3 Å². The number of aryl methyl sites for hydroxylation is 1. The first-order valence-electron chi connectivity index (χ1n) is 4.75. The molecule has 0 saturated carbocycles. The molecule has 1 aromatic heterocycles. The van der Waals surface area contributed by atoms with Gasteiger partial charge in [0.2, 0.25) is 5.91 Å². The van der Waals surface area contributed by atoms with Crippen LogP contribution in [0.2, 0.25) is 0 Å². The van der Waals surface area contributed by atoms with Gasteiger partial charge in [0.05, 0.1) is 12.7 Å². The lowest BCUT2D eigenvalue weighted by Gasteiger charge is -2.09. The Balaban J connectivity index is 2.49. The van der Waals surface area contributed by atoms with Gasteiger partial charge in [0.15, 0.2) is 0 Å². The van der Waals surface area contributed by atoms with Gasteiger partial charge < -0.3 is 15.5 Å². The van der Waals surface area contributed by atoms with Crippen molar-refractivity contribution < 1.29 is 15.0 Å². The molecule has 0 fully saturated rings. The maximum absolute atomic E-state index is 11.4. The quantitative estimate of drug-likeness (QED) is 0.601. The van der Waals surface area contributed by atoms with Crippen molar-refractivity contribution in [2.24, 2.45) is 0 Å². The molecule has 1 aromatic rings. The van der Waals surface area contributed by atoms with E-state index in [1.807, 2.05) is 0 Å². The van der Waals surface area contributed by atoms with E-state index in [1.165, 1.54) is 4.57 Å². The Morgan fingerprint density at radius 3 is 2.88 bits per heavy atom. The second-order valence-corrected chi connectivity index (χ2v) is 4.19. The summed E-state index contributed by atoms with van der Waals surface area (Å²) in [6.07, 6.45) is -0.968. The maximum Gasteiger partial charge on any atom is 0.307 e. The Kier molecular flexibility index (Phi) is 4.66. The number of thiazole rings is 1. The van der Waals surface area contributed by atoms with Gasteiger partial charge in [0.1, 0.15) is 6.54 Å². The van der Waals surface area contributed by atoms with Gasteiger partial charge in [-0.05, 0) is 6.92 Å². The van der Waals surface area contributed by atoms with E-state index >= 15 is 0 Å². The molecule has 3 N–H and O–H groups in total. The molecule has 16 heavy (non-hydrogen) atoms. The van der Waals surface area contributed by atoms with Crippen molar-refractivity contribution in [3.05, 3.63) is 20.7 Å². The number of nitrogens with zero attached hydrogens (tertiary/aromatic N) is 1. The summed E-state index contributed by atoms with van der Waals surface area (Å²) in [5.74, 6) is -0.365. The van der Waals surface area contributed by atoms with Crippen molar-refractivity contribution in [2.75, 3.05) is 13.2 Å². The van der Waals surface area contributed by atoms with Crippen LogP contribution in [0.3, 0.4) is 0 Å². The molecule has 0 aliphatic heterocycles. The molecule has 0 aliphatic carbocycles. The predicted molar refractivity (Wildman–Crippen MR) is 59.4 cm³/mol. The number of carbonyl (C=O) groups is 1. The van der Waals surface area contributed by atoms with Crippen molar-refractivity contribution in [1.29, 1.82) is 0 Å². The minimum Gasteiger partial charge on any atom is -0.394 e. The minimum atomic E-state index is -0.968. The SMILES string of the molecule is Cc1csc(=O)n1CC(=O)NCC(O)CO. The van der Waals surface area contributed by atoms with Crippen LogP contribution in [-0.4, -0.2) is 39.9 Å². The molecule has 1 rings (SSSR count). The highest BCUT2D eigenvalue weighted by Gasteiger charge is 2.09. The number of rotatable bonds is 5. The fourth-order valence-electron chi connectivity index (χ4n) is 1.09. The topological polar surface area (TPSA) is 91.6 Å². The molecule has 0 spiro atoms. The van der Waals surface area contributed by atoms with Crippen LogP contribution >= 0.6 is 11.3 Å². The molecule has 1 unspecified atom stereocenters. The van der Waals surface area contributed by atoms with Gasteiger partial charge in [-0.1, -0.05) is 11.3 Å². The number of aliphatic hydroxyl groups is 2. The van der Waals surface area contributed by atoms with Crippen molar-refractivity contribution >= 4 is 17.2 Å². The molecule has 7 heteroatoms. The summed E-state index contributed by atoms with van der Waals surface area (Å²) in [7, 11) is 0. The number of hydrogen-bond donors (Lipinski definition) is 3. The van der Waals surface area contributed by atoms with Crippen molar-refractivity contribution in [3.63, 3.8) is 0 Å². The van der Waals surface area contributed by atoms with Crippen LogP contribution < -0.4 is 10.2 Å². The molecule has 1 amide bonds. The average Bonchev–Trinajstić information content (AvgIpc) is 2.57. The van der Waals surface area contributed by atoms with Crippen molar-refractivity contribution in [2.45, 2.75) is 19.6 Å². The van der Waals surface area contributed by atoms with Crippen molar-refractivity contribution in [3.8, 4) is 0 Å². The van der Waals surface area contributed by atoms with Crippen LogP contribution in [0.15, 0.2) is 10.2 Å². The first kappa shape index (κ1) is 12.9. The molecule has 1 atom stereocenters. The molecule has 90 valence electrons. The highest BCUT2D eigenvalue weighted by atomic mass is 32.1. The first-order chi connectivity index (χ1) is 7.54. The van der Waals surface area contributed by atoms with Gasteiger partial charge in [0.25, 0.3) is 0 Å². The van der Waals surface area contributed by atoms with Crippen LogP contribution in [0, 0.1) is 6.92 Å². The second-order valence-electron chi connectivity index (χ2n) is 3.37. The predicted octanol–water partition coefficient (Wildman–Crippen LogP) is -1.31. The first-order valence-corrected chi connectivity index (χ1v) is 5.63. The molecule has 0 radical (unpaired) electrons. The second kappa shape index (κ2) is 5.78. The molecule has 0 aromatic carbocycles. The standard InChI is InChI=1S/C9H14N2O4S/c1-6-5-16-9(15)11(6)3-8(14)10-2-7(13)4-12/h5,7,12-13H,2-4H2,1H3,(H,10,14). The van der Waals surface area contributed by atoms with Crippen LogP contribution in [0.1, 0.15) is 5.69 Å². The monoisotopic (exact) mass is 246 g/mol. The maximum atomic E-state index is 11.4. The number of aliphatic hydroxyl groups excluding tert-OH is 2. The van der Waals surface area contributed by atoms with Crippen LogP contribution in [0.25, 0.3) is 0 Å².